The third-order valence-electron chi connectivity index (χ3n) is 4.30. The Morgan fingerprint density at radius 2 is 1.88 bits per heavy atom. The molecule has 0 aliphatic heterocycles. The van der Waals surface area contributed by atoms with Gasteiger partial charge in [0.1, 0.15) is 0 Å². The topological polar surface area (TPSA) is 87.4 Å². The van der Waals surface area contributed by atoms with Crippen LogP contribution in [-0.2, 0) is 6.42 Å². The van der Waals surface area contributed by atoms with Gasteiger partial charge in [-0.2, -0.15) is 0 Å². The molecule has 0 spiro atoms. The molecule has 0 bridgehead atoms. The maximum atomic E-state index is 12.3. The van der Waals surface area contributed by atoms with Gasteiger partial charge in [0.15, 0.2) is 11.6 Å². The number of nitrogens with zero attached hydrogens (tertiary/aromatic N) is 1. The van der Waals surface area contributed by atoms with Gasteiger partial charge in [0.05, 0.1) is 12.1 Å². The highest BCUT2D eigenvalue weighted by molar-refractivity contribution is 5.89. The van der Waals surface area contributed by atoms with E-state index in [9.17, 15) is 9.90 Å². The number of aliphatic hydroxyl groups excluding tert-OH is 1. The Labute approximate surface area is 144 Å². The fourth-order valence-corrected chi connectivity index (χ4v) is 3.11. The predicted octanol–water partition coefficient (Wildman–Crippen LogP) is 3.12. The summed E-state index contributed by atoms with van der Waals surface area (Å²) in [5.74, 6) is 0.888. The summed E-state index contributed by atoms with van der Waals surface area (Å²) in [7, 11) is 0. The number of rotatable bonds is 3. The van der Waals surface area contributed by atoms with Gasteiger partial charge in [-0.05, 0) is 11.1 Å². The number of aliphatic hydroxyl groups is 1. The van der Waals surface area contributed by atoms with Crippen LogP contribution < -0.4 is 10.6 Å². The molecule has 25 heavy (non-hydrogen) atoms. The standard InChI is InChI=1S/C19H17N3O3/c23-15-10-13-8-4-5-9-14(13)18(15)21-19(24)20-17-11-16(25-22-17)12-6-2-1-3-7-12/h1-9,11,15,18,23H,10H2,(H2,20,21,22,24)/t15-,18+/m0/s1. The number of hydrogen-bond acceptors (Lipinski definition) is 4. The molecule has 0 saturated heterocycles. The second kappa shape index (κ2) is 6.41. The molecule has 6 heteroatoms. The number of anilines is 1. The first-order valence-electron chi connectivity index (χ1n) is 8.06. The minimum atomic E-state index is -0.639. The van der Waals surface area contributed by atoms with Gasteiger partial charge in [0.2, 0.25) is 0 Å². The molecule has 1 aliphatic carbocycles. The second-order valence-corrected chi connectivity index (χ2v) is 5.99. The maximum Gasteiger partial charge on any atom is 0.321 e. The lowest BCUT2D eigenvalue weighted by atomic mass is 10.1. The van der Waals surface area contributed by atoms with E-state index >= 15 is 0 Å². The van der Waals surface area contributed by atoms with Gasteiger partial charge in [-0.1, -0.05) is 59.8 Å². The normalized spacial score (nSPS) is 18.6. The highest BCUT2D eigenvalue weighted by Gasteiger charge is 2.31. The predicted molar refractivity (Wildman–Crippen MR) is 93.0 cm³/mol. The van der Waals surface area contributed by atoms with Gasteiger partial charge in [0, 0.05) is 18.1 Å². The molecule has 1 aromatic heterocycles. The quantitative estimate of drug-likeness (QED) is 0.686. The SMILES string of the molecule is O=C(Nc1cc(-c2ccccc2)on1)N[C@@H]1c2ccccc2C[C@@H]1O. The number of carbonyl (C=O) groups is 1. The van der Waals surface area contributed by atoms with Gasteiger partial charge in [-0.25, -0.2) is 4.79 Å². The summed E-state index contributed by atoms with van der Waals surface area (Å²) in [5.41, 5.74) is 2.87. The number of urea groups is 1. The van der Waals surface area contributed by atoms with Gasteiger partial charge in [-0.15, -0.1) is 0 Å². The largest absolute Gasteiger partial charge is 0.390 e. The van der Waals surface area contributed by atoms with Crippen LogP contribution in [0.3, 0.4) is 0 Å². The zero-order chi connectivity index (χ0) is 17.2. The van der Waals surface area contributed by atoms with Crippen LogP contribution >= 0.6 is 0 Å². The third kappa shape index (κ3) is 3.12. The number of aromatic nitrogens is 1. The van der Waals surface area contributed by atoms with Crippen molar-refractivity contribution >= 4 is 11.8 Å². The zero-order valence-electron chi connectivity index (χ0n) is 13.3. The van der Waals surface area contributed by atoms with E-state index in [0.717, 1.165) is 16.7 Å². The van der Waals surface area contributed by atoms with E-state index in [2.05, 4.69) is 15.8 Å². The van der Waals surface area contributed by atoms with E-state index in [1.165, 1.54) is 0 Å². The lowest BCUT2D eigenvalue weighted by molar-refractivity contribution is 0.144. The molecule has 3 N–H and O–H groups in total. The van der Waals surface area contributed by atoms with Crippen molar-refractivity contribution in [1.29, 1.82) is 0 Å². The summed E-state index contributed by atoms with van der Waals surface area (Å²) in [5, 5.41) is 19.5. The molecular weight excluding hydrogens is 318 g/mol. The lowest BCUT2D eigenvalue weighted by Gasteiger charge is -2.17. The van der Waals surface area contributed by atoms with Crippen LogP contribution in [0.15, 0.2) is 65.2 Å². The molecule has 0 unspecified atom stereocenters. The zero-order valence-corrected chi connectivity index (χ0v) is 13.3. The Morgan fingerprint density at radius 3 is 2.72 bits per heavy atom. The molecular formula is C19H17N3O3. The first-order valence-corrected chi connectivity index (χ1v) is 8.06. The van der Waals surface area contributed by atoms with Crippen molar-refractivity contribution in [2.45, 2.75) is 18.6 Å². The summed E-state index contributed by atoms with van der Waals surface area (Å²) < 4.78 is 5.26. The molecule has 6 nitrogen and oxygen atoms in total. The number of amides is 2. The van der Waals surface area contributed by atoms with Gasteiger partial charge in [-0.3, -0.25) is 5.32 Å². The highest BCUT2D eigenvalue weighted by atomic mass is 16.5. The van der Waals surface area contributed by atoms with Crippen molar-refractivity contribution in [2.24, 2.45) is 0 Å². The smallest absolute Gasteiger partial charge is 0.321 e. The molecule has 1 heterocycles. The Balaban J connectivity index is 1.44. The summed E-state index contributed by atoms with van der Waals surface area (Å²) in [4.78, 5) is 12.3. The van der Waals surface area contributed by atoms with E-state index < -0.39 is 18.2 Å². The Morgan fingerprint density at radius 1 is 1.12 bits per heavy atom. The summed E-state index contributed by atoms with van der Waals surface area (Å²) in [6.07, 6.45) is -0.108. The molecule has 0 radical (unpaired) electrons. The number of benzene rings is 2. The van der Waals surface area contributed by atoms with Crippen molar-refractivity contribution in [3.8, 4) is 11.3 Å². The van der Waals surface area contributed by atoms with Crippen LogP contribution in [0.1, 0.15) is 17.2 Å². The first-order chi connectivity index (χ1) is 12.2. The average molecular weight is 335 g/mol. The number of nitrogens with one attached hydrogen (secondary N) is 2. The van der Waals surface area contributed by atoms with Crippen LogP contribution in [0.2, 0.25) is 0 Å². The average Bonchev–Trinajstić information content (AvgIpc) is 3.21. The van der Waals surface area contributed by atoms with E-state index in [1.54, 1.807) is 6.07 Å². The second-order valence-electron chi connectivity index (χ2n) is 5.99. The van der Waals surface area contributed by atoms with Crippen LogP contribution in [0.5, 0.6) is 0 Å². The number of hydrogen-bond donors (Lipinski definition) is 3. The van der Waals surface area contributed by atoms with Crippen molar-refractivity contribution in [2.75, 3.05) is 5.32 Å². The number of carbonyl (C=O) groups excluding carboxylic acids is 1. The molecule has 2 atom stereocenters. The molecule has 0 fully saturated rings. The Bertz CT molecular complexity index is 892. The molecule has 4 rings (SSSR count). The van der Waals surface area contributed by atoms with Crippen LogP contribution in [0.25, 0.3) is 11.3 Å². The van der Waals surface area contributed by atoms with E-state index in [1.807, 2.05) is 54.6 Å². The first kappa shape index (κ1) is 15.4. The Kier molecular flexibility index (Phi) is 3.95. The minimum absolute atomic E-state index is 0.317. The molecule has 0 saturated carbocycles. The molecule has 2 aromatic carbocycles. The van der Waals surface area contributed by atoms with E-state index in [-0.39, 0.29) is 0 Å². The fourth-order valence-electron chi connectivity index (χ4n) is 3.11. The van der Waals surface area contributed by atoms with E-state index in [4.69, 9.17) is 4.52 Å². The summed E-state index contributed by atoms with van der Waals surface area (Å²) in [6.45, 7) is 0. The third-order valence-corrected chi connectivity index (χ3v) is 4.30. The molecule has 3 aromatic rings. The Hall–Kier alpha value is -3.12. The van der Waals surface area contributed by atoms with Crippen LogP contribution in [-0.4, -0.2) is 22.4 Å². The summed E-state index contributed by atoms with van der Waals surface area (Å²) in [6, 6.07) is 18.0. The van der Waals surface area contributed by atoms with Crippen molar-refractivity contribution in [3.05, 3.63) is 71.8 Å². The molecule has 2 amide bonds. The highest BCUT2D eigenvalue weighted by Crippen LogP contribution is 2.31. The monoisotopic (exact) mass is 335 g/mol. The fraction of sp³-hybridized carbons (Fsp3) is 0.158. The van der Waals surface area contributed by atoms with Gasteiger partial charge in [0.25, 0.3) is 0 Å². The van der Waals surface area contributed by atoms with Crippen molar-refractivity contribution in [3.63, 3.8) is 0 Å². The van der Waals surface area contributed by atoms with Crippen molar-refractivity contribution in [1.82, 2.24) is 10.5 Å². The lowest BCUT2D eigenvalue weighted by Crippen LogP contribution is -2.36. The van der Waals surface area contributed by atoms with Crippen LogP contribution in [0, 0.1) is 0 Å². The number of fused-ring (bicyclic) bond motifs is 1. The summed E-state index contributed by atoms with van der Waals surface area (Å²) >= 11 is 0. The molecule has 126 valence electrons. The maximum absolute atomic E-state index is 12.3. The van der Waals surface area contributed by atoms with Crippen LogP contribution in [0.4, 0.5) is 10.6 Å². The van der Waals surface area contributed by atoms with E-state index in [0.29, 0.717) is 18.0 Å². The minimum Gasteiger partial charge on any atom is -0.390 e. The van der Waals surface area contributed by atoms with Gasteiger partial charge >= 0.3 is 6.03 Å². The molecule has 1 aliphatic rings. The van der Waals surface area contributed by atoms with Crippen molar-refractivity contribution < 1.29 is 14.4 Å². The van der Waals surface area contributed by atoms with Gasteiger partial charge < -0.3 is 14.9 Å².